The second kappa shape index (κ2) is 8.35. The summed E-state index contributed by atoms with van der Waals surface area (Å²) in [5.41, 5.74) is 6.42. The number of pyridine rings is 1. The lowest BCUT2D eigenvalue weighted by Crippen LogP contribution is -2.52. The van der Waals surface area contributed by atoms with Crippen LogP contribution in [0.5, 0.6) is 0 Å². The molecule has 0 aliphatic heterocycles. The number of halogens is 2. The number of aromatic nitrogens is 1. The molecule has 0 bridgehead atoms. The van der Waals surface area contributed by atoms with Crippen LogP contribution in [0.1, 0.15) is 31.4 Å². The molecule has 1 aliphatic carbocycles. The molecule has 0 radical (unpaired) electrons. The van der Waals surface area contributed by atoms with Gasteiger partial charge in [-0.1, -0.05) is 18.9 Å². The van der Waals surface area contributed by atoms with Crippen molar-refractivity contribution in [3.63, 3.8) is 0 Å². The normalized spacial score (nSPS) is 16.1. The SMILES string of the molecule is Cl.Cl.NC1(C(=O)NCCc2ccccn2)CCCC1. The van der Waals surface area contributed by atoms with Crippen LogP contribution in [0.4, 0.5) is 0 Å². The molecule has 0 aromatic carbocycles. The lowest BCUT2D eigenvalue weighted by molar-refractivity contribution is -0.126. The number of rotatable bonds is 4. The summed E-state index contributed by atoms with van der Waals surface area (Å²) in [6, 6.07) is 5.79. The molecular weight excluding hydrogens is 285 g/mol. The van der Waals surface area contributed by atoms with E-state index in [2.05, 4.69) is 10.3 Å². The third kappa shape index (κ3) is 4.97. The summed E-state index contributed by atoms with van der Waals surface area (Å²) in [5.74, 6) is -0.00840. The van der Waals surface area contributed by atoms with Gasteiger partial charge < -0.3 is 11.1 Å². The van der Waals surface area contributed by atoms with Crippen molar-refractivity contribution in [1.29, 1.82) is 0 Å². The molecule has 1 amide bonds. The summed E-state index contributed by atoms with van der Waals surface area (Å²) in [5, 5.41) is 2.91. The Morgan fingerprint density at radius 2 is 2.00 bits per heavy atom. The van der Waals surface area contributed by atoms with E-state index in [0.29, 0.717) is 6.54 Å². The molecule has 1 aromatic heterocycles. The van der Waals surface area contributed by atoms with Crippen LogP contribution in [0, 0.1) is 0 Å². The third-order valence-electron chi connectivity index (χ3n) is 3.34. The van der Waals surface area contributed by atoms with Gasteiger partial charge in [0.05, 0.1) is 5.54 Å². The number of hydrogen-bond donors (Lipinski definition) is 2. The first-order valence-electron chi connectivity index (χ1n) is 6.18. The highest BCUT2D eigenvalue weighted by molar-refractivity contribution is 5.86. The fraction of sp³-hybridized carbons (Fsp3) is 0.538. The topological polar surface area (TPSA) is 68.0 Å². The van der Waals surface area contributed by atoms with Crippen molar-refractivity contribution < 1.29 is 4.79 Å². The van der Waals surface area contributed by atoms with Crippen LogP contribution in [0.15, 0.2) is 24.4 Å². The van der Waals surface area contributed by atoms with E-state index < -0.39 is 5.54 Å². The molecule has 0 atom stereocenters. The maximum absolute atomic E-state index is 11.9. The molecule has 1 saturated carbocycles. The number of hydrogen-bond acceptors (Lipinski definition) is 3. The average Bonchev–Trinajstić information content (AvgIpc) is 2.79. The van der Waals surface area contributed by atoms with Crippen molar-refractivity contribution in [2.45, 2.75) is 37.6 Å². The first-order chi connectivity index (χ1) is 8.21. The van der Waals surface area contributed by atoms with Gasteiger partial charge in [-0.05, 0) is 25.0 Å². The molecule has 1 heterocycles. The Balaban J connectivity index is 0.00000162. The van der Waals surface area contributed by atoms with Gasteiger partial charge in [-0.3, -0.25) is 9.78 Å². The zero-order valence-electron chi connectivity index (χ0n) is 10.8. The van der Waals surface area contributed by atoms with Crippen molar-refractivity contribution in [2.75, 3.05) is 6.54 Å². The molecular formula is C13H21Cl2N3O. The van der Waals surface area contributed by atoms with E-state index in [0.717, 1.165) is 37.8 Å². The monoisotopic (exact) mass is 305 g/mol. The van der Waals surface area contributed by atoms with E-state index in [1.165, 1.54) is 0 Å². The van der Waals surface area contributed by atoms with Crippen molar-refractivity contribution in [2.24, 2.45) is 5.73 Å². The average molecular weight is 306 g/mol. The van der Waals surface area contributed by atoms with Crippen LogP contribution in [0.2, 0.25) is 0 Å². The number of nitrogens with zero attached hydrogens (tertiary/aromatic N) is 1. The van der Waals surface area contributed by atoms with Crippen molar-refractivity contribution >= 4 is 30.7 Å². The standard InChI is InChI=1S/C13H19N3O.2ClH/c14-13(7-2-3-8-13)12(17)16-10-6-11-5-1-4-9-15-11;;/h1,4-5,9H,2-3,6-8,10,14H2,(H,16,17);2*1H. The van der Waals surface area contributed by atoms with Crippen LogP contribution in [-0.4, -0.2) is 23.0 Å². The van der Waals surface area contributed by atoms with Gasteiger partial charge in [-0.15, -0.1) is 24.8 Å². The molecule has 3 N–H and O–H groups in total. The van der Waals surface area contributed by atoms with Crippen LogP contribution in [0.3, 0.4) is 0 Å². The second-order valence-electron chi connectivity index (χ2n) is 4.69. The minimum atomic E-state index is -0.621. The zero-order chi connectivity index (χ0) is 12.1. The van der Waals surface area contributed by atoms with Gasteiger partial charge in [-0.2, -0.15) is 0 Å². The quantitative estimate of drug-likeness (QED) is 0.892. The van der Waals surface area contributed by atoms with Crippen LogP contribution >= 0.6 is 24.8 Å². The van der Waals surface area contributed by atoms with Crippen molar-refractivity contribution in [3.8, 4) is 0 Å². The lowest BCUT2D eigenvalue weighted by Gasteiger charge is -2.22. The van der Waals surface area contributed by atoms with E-state index in [1.807, 2.05) is 18.2 Å². The Labute approximate surface area is 126 Å². The number of carbonyl (C=O) groups excluding carboxylic acids is 1. The van der Waals surface area contributed by atoms with Gasteiger partial charge >= 0.3 is 0 Å². The van der Waals surface area contributed by atoms with Gasteiger partial charge in [0.2, 0.25) is 5.91 Å². The molecule has 19 heavy (non-hydrogen) atoms. The fourth-order valence-corrected chi connectivity index (χ4v) is 2.26. The van der Waals surface area contributed by atoms with Crippen LogP contribution in [-0.2, 0) is 11.2 Å². The largest absolute Gasteiger partial charge is 0.354 e. The number of carbonyl (C=O) groups is 1. The molecule has 2 rings (SSSR count). The van der Waals surface area contributed by atoms with Crippen LogP contribution < -0.4 is 11.1 Å². The molecule has 4 nitrogen and oxygen atoms in total. The Kier molecular flexibility index (Phi) is 7.99. The summed E-state index contributed by atoms with van der Waals surface area (Å²) >= 11 is 0. The third-order valence-corrected chi connectivity index (χ3v) is 3.34. The maximum Gasteiger partial charge on any atom is 0.240 e. The summed E-state index contributed by atoms with van der Waals surface area (Å²) < 4.78 is 0. The molecule has 1 aliphatic rings. The van der Waals surface area contributed by atoms with Gasteiger partial charge in [0.25, 0.3) is 0 Å². The highest BCUT2D eigenvalue weighted by atomic mass is 35.5. The Morgan fingerprint density at radius 3 is 2.58 bits per heavy atom. The summed E-state index contributed by atoms with van der Waals surface area (Å²) in [6.45, 7) is 0.606. The van der Waals surface area contributed by atoms with E-state index >= 15 is 0 Å². The van der Waals surface area contributed by atoms with Gasteiger partial charge in [0.1, 0.15) is 0 Å². The molecule has 0 spiro atoms. The van der Waals surface area contributed by atoms with E-state index in [9.17, 15) is 4.79 Å². The van der Waals surface area contributed by atoms with Gasteiger partial charge in [-0.25, -0.2) is 0 Å². The molecule has 0 saturated heterocycles. The minimum Gasteiger partial charge on any atom is -0.354 e. The molecule has 108 valence electrons. The zero-order valence-corrected chi connectivity index (χ0v) is 12.4. The van der Waals surface area contributed by atoms with Crippen molar-refractivity contribution in [3.05, 3.63) is 30.1 Å². The summed E-state index contributed by atoms with van der Waals surface area (Å²) in [7, 11) is 0. The summed E-state index contributed by atoms with van der Waals surface area (Å²) in [4.78, 5) is 16.1. The van der Waals surface area contributed by atoms with E-state index in [4.69, 9.17) is 5.73 Å². The predicted molar refractivity (Wildman–Crippen MR) is 80.8 cm³/mol. The first kappa shape index (κ1) is 18.2. The highest BCUT2D eigenvalue weighted by Gasteiger charge is 2.36. The predicted octanol–water partition coefficient (Wildman–Crippen LogP) is 1.86. The molecule has 6 heteroatoms. The highest BCUT2D eigenvalue weighted by Crippen LogP contribution is 2.27. The second-order valence-corrected chi connectivity index (χ2v) is 4.69. The van der Waals surface area contributed by atoms with Crippen LogP contribution in [0.25, 0.3) is 0 Å². The first-order valence-corrected chi connectivity index (χ1v) is 6.18. The van der Waals surface area contributed by atoms with E-state index in [1.54, 1.807) is 6.20 Å². The molecule has 1 aromatic rings. The molecule has 0 unspecified atom stereocenters. The number of nitrogens with one attached hydrogen (secondary N) is 1. The fourth-order valence-electron chi connectivity index (χ4n) is 2.26. The number of amides is 1. The Morgan fingerprint density at radius 1 is 1.32 bits per heavy atom. The maximum atomic E-state index is 11.9. The van der Waals surface area contributed by atoms with Gasteiger partial charge in [0.15, 0.2) is 0 Å². The Hall–Kier alpha value is -0.840. The number of nitrogens with two attached hydrogens (primary N) is 1. The minimum absolute atomic E-state index is 0. The van der Waals surface area contributed by atoms with Crippen molar-refractivity contribution in [1.82, 2.24) is 10.3 Å². The van der Waals surface area contributed by atoms with Gasteiger partial charge in [0, 0.05) is 24.9 Å². The smallest absolute Gasteiger partial charge is 0.240 e. The van der Waals surface area contributed by atoms with E-state index in [-0.39, 0.29) is 30.7 Å². The lowest BCUT2D eigenvalue weighted by atomic mass is 9.98. The molecule has 1 fully saturated rings. The summed E-state index contributed by atoms with van der Waals surface area (Å²) in [6.07, 6.45) is 6.25. The Bertz CT molecular complexity index is 381.